The minimum absolute atomic E-state index is 0.122. The third-order valence-corrected chi connectivity index (χ3v) is 7.27. The van der Waals surface area contributed by atoms with Crippen LogP contribution < -0.4 is 0 Å². The molecule has 0 bridgehead atoms. The zero-order valence-electron chi connectivity index (χ0n) is 18.1. The summed E-state index contributed by atoms with van der Waals surface area (Å²) in [4.78, 5) is 4.49. The van der Waals surface area contributed by atoms with E-state index in [0.29, 0.717) is 33.0 Å². The van der Waals surface area contributed by atoms with Gasteiger partial charge in [-0.2, -0.15) is 0 Å². The van der Waals surface area contributed by atoms with Gasteiger partial charge >= 0.3 is 0 Å². The van der Waals surface area contributed by atoms with Gasteiger partial charge in [0.1, 0.15) is 23.3 Å². The molecule has 0 amide bonds. The number of aromatic nitrogens is 2. The molecule has 0 unspecified atom stereocenters. The molecular weight excluding hydrogens is 507 g/mol. The number of hydrogen-bond donors (Lipinski definition) is 0. The fourth-order valence-corrected chi connectivity index (χ4v) is 4.90. The number of benzene rings is 3. The minimum atomic E-state index is -0.984. The standard InChI is InChI=1S/C25H18Cl2F4N2S/c1-25(2,14-3-8-19(26)20(27)9-14)23-12-32-24(33(23)17-6-4-15(28)5-7-17)34-13-18-21(30)10-16(29)11-22(18)31/h3-12H,13H2,1-2H3. The van der Waals surface area contributed by atoms with Crippen LogP contribution in [-0.4, -0.2) is 9.55 Å². The quantitative estimate of drug-likeness (QED) is 0.186. The van der Waals surface area contributed by atoms with Gasteiger partial charge in [-0.25, -0.2) is 22.5 Å². The molecule has 4 rings (SSSR count). The minimum Gasteiger partial charge on any atom is -0.291 e. The highest BCUT2D eigenvalue weighted by Crippen LogP contribution is 2.38. The molecule has 1 heterocycles. The maximum Gasteiger partial charge on any atom is 0.173 e. The second-order valence-electron chi connectivity index (χ2n) is 8.13. The maximum absolute atomic E-state index is 14.2. The predicted molar refractivity (Wildman–Crippen MR) is 128 cm³/mol. The molecule has 9 heteroatoms. The summed E-state index contributed by atoms with van der Waals surface area (Å²) in [6, 6.07) is 12.4. The molecule has 0 saturated carbocycles. The van der Waals surface area contributed by atoms with Crippen molar-refractivity contribution >= 4 is 35.0 Å². The van der Waals surface area contributed by atoms with Crippen LogP contribution in [-0.2, 0) is 11.2 Å². The highest BCUT2D eigenvalue weighted by atomic mass is 35.5. The molecule has 0 spiro atoms. The van der Waals surface area contributed by atoms with E-state index in [9.17, 15) is 17.6 Å². The van der Waals surface area contributed by atoms with Gasteiger partial charge in [-0.15, -0.1) is 0 Å². The van der Waals surface area contributed by atoms with Gasteiger partial charge in [0.05, 0.1) is 21.9 Å². The third-order valence-electron chi connectivity index (χ3n) is 5.55. The summed E-state index contributed by atoms with van der Waals surface area (Å²) in [6.07, 6.45) is 1.66. The van der Waals surface area contributed by atoms with Crippen molar-refractivity contribution < 1.29 is 17.6 Å². The van der Waals surface area contributed by atoms with E-state index in [1.165, 1.54) is 12.1 Å². The van der Waals surface area contributed by atoms with Crippen LogP contribution in [0.2, 0.25) is 10.0 Å². The van der Waals surface area contributed by atoms with Gasteiger partial charge in [0.25, 0.3) is 0 Å². The zero-order chi connectivity index (χ0) is 24.6. The van der Waals surface area contributed by atoms with Crippen molar-refractivity contribution in [1.82, 2.24) is 9.55 Å². The molecule has 1 aromatic heterocycles. The van der Waals surface area contributed by atoms with Gasteiger partial charge in [-0.3, -0.25) is 4.57 Å². The second kappa shape index (κ2) is 9.64. The number of nitrogens with zero attached hydrogens (tertiary/aromatic N) is 2. The molecule has 0 aliphatic heterocycles. The molecule has 0 fully saturated rings. The van der Waals surface area contributed by atoms with Crippen LogP contribution >= 0.6 is 35.0 Å². The van der Waals surface area contributed by atoms with Crippen LogP contribution in [0.3, 0.4) is 0 Å². The first kappa shape index (κ1) is 24.6. The summed E-state index contributed by atoms with van der Waals surface area (Å²) in [6.45, 7) is 3.94. The number of imidazole rings is 1. The van der Waals surface area contributed by atoms with Gasteiger partial charge in [-0.1, -0.05) is 54.9 Å². The molecule has 0 radical (unpaired) electrons. The molecular formula is C25H18Cl2F4N2S. The lowest BCUT2D eigenvalue weighted by atomic mass is 9.81. The smallest absolute Gasteiger partial charge is 0.173 e. The normalized spacial score (nSPS) is 11.8. The number of thioether (sulfide) groups is 1. The van der Waals surface area contributed by atoms with Gasteiger partial charge in [0, 0.05) is 34.6 Å². The van der Waals surface area contributed by atoms with E-state index in [1.807, 2.05) is 19.9 Å². The van der Waals surface area contributed by atoms with E-state index < -0.39 is 28.7 Å². The Kier molecular flexibility index (Phi) is 6.99. The summed E-state index contributed by atoms with van der Waals surface area (Å²) in [7, 11) is 0. The molecule has 3 aromatic carbocycles. The highest BCUT2D eigenvalue weighted by molar-refractivity contribution is 7.98. The van der Waals surface area contributed by atoms with E-state index in [-0.39, 0.29) is 11.3 Å². The van der Waals surface area contributed by atoms with Gasteiger partial charge < -0.3 is 0 Å². The summed E-state index contributed by atoms with van der Waals surface area (Å²) < 4.78 is 57.1. The Morgan fingerprint density at radius 1 is 0.853 bits per heavy atom. The highest BCUT2D eigenvalue weighted by Gasteiger charge is 2.30. The van der Waals surface area contributed by atoms with E-state index in [1.54, 1.807) is 35.0 Å². The summed E-state index contributed by atoms with van der Waals surface area (Å²) in [5.41, 5.74) is 1.33. The second-order valence-corrected chi connectivity index (χ2v) is 9.89. The molecule has 2 nitrogen and oxygen atoms in total. The summed E-state index contributed by atoms with van der Waals surface area (Å²) in [5, 5.41) is 1.25. The van der Waals surface area contributed by atoms with Crippen LogP contribution in [0.1, 0.15) is 30.7 Å². The Labute approximate surface area is 208 Å². The van der Waals surface area contributed by atoms with Crippen LogP contribution in [0.5, 0.6) is 0 Å². The lowest BCUT2D eigenvalue weighted by Gasteiger charge is -2.28. The largest absolute Gasteiger partial charge is 0.291 e. The molecule has 4 aromatic rings. The number of halogens is 6. The molecule has 0 N–H and O–H groups in total. The fraction of sp³-hybridized carbons (Fsp3) is 0.160. The predicted octanol–water partition coefficient (Wildman–Crippen LogP) is 8.35. The summed E-state index contributed by atoms with van der Waals surface area (Å²) >= 11 is 13.4. The zero-order valence-corrected chi connectivity index (χ0v) is 20.4. The Morgan fingerprint density at radius 2 is 1.50 bits per heavy atom. The average molecular weight is 525 g/mol. The monoisotopic (exact) mass is 524 g/mol. The Balaban J connectivity index is 1.79. The number of hydrogen-bond acceptors (Lipinski definition) is 2. The molecule has 0 aliphatic rings. The lowest BCUT2D eigenvalue weighted by molar-refractivity contribution is 0.531. The third kappa shape index (κ3) is 4.83. The van der Waals surface area contributed by atoms with Crippen LogP contribution in [0.4, 0.5) is 17.6 Å². The first-order valence-electron chi connectivity index (χ1n) is 10.1. The van der Waals surface area contributed by atoms with Gasteiger partial charge in [-0.05, 0) is 42.0 Å². The van der Waals surface area contributed by atoms with Crippen LogP contribution in [0.25, 0.3) is 5.69 Å². The molecule has 0 aliphatic carbocycles. The Hall–Kier alpha value is -2.48. The van der Waals surface area contributed by atoms with Crippen molar-refractivity contribution in [3.63, 3.8) is 0 Å². The van der Waals surface area contributed by atoms with Crippen molar-refractivity contribution in [3.05, 3.63) is 111 Å². The maximum atomic E-state index is 14.2. The first-order valence-corrected chi connectivity index (χ1v) is 11.9. The average Bonchev–Trinajstić information content (AvgIpc) is 3.20. The van der Waals surface area contributed by atoms with Crippen molar-refractivity contribution in [2.45, 2.75) is 30.2 Å². The first-order chi connectivity index (χ1) is 16.1. The van der Waals surface area contributed by atoms with Gasteiger partial charge in [0.2, 0.25) is 0 Å². The molecule has 34 heavy (non-hydrogen) atoms. The molecule has 0 saturated heterocycles. The van der Waals surface area contributed by atoms with Gasteiger partial charge in [0.15, 0.2) is 5.16 Å². The molecule has 176 valence electrons. The van der Waals surface area contributed by atoms with E-state index in [0.717, 1.165) is 23.0 Å². The van der Waals surface area contributed by atoms with E-state index in [2.05, 4.69) is 4.98 Å². The Bertz CT molecular complexity index is 1330. The van der Waals surface area contributed by atoms with Crippen molar-refractivity contribution in [3.8, 4) is 5.69 Å². The summed E-state index contributed by atoms with van der Waals surface area (Å²) in [5.74, 6) is -3.45. The van der Waals surface area contributed by atoms with Crippen molar-refractivity contribution in [2.75, 3.05) is 0 Å². The van der Waals surface area contributed by atoms with Crippen molar-refractivity contribution in [2.24, 2.45) is 0 Å². The topological polar surface area (TPSA) is 17.8 Å². The fourth-order valence-electron chi connectivity index (χ4n) is 3.60. The Morgan fingerprint density at radius 3 is 2.12 bits per heavy atom. The molecule has 0 atom stereocenters. The van der Waals surface area contributed by atoms with Crippen LogP contribution in [0, 0.1) is 23.3 Å². The van der Waals surface area contributed by atoms with Crippen molar-refractivity contribution in [1.29, 1.82) is 0 Å². The van der Waals surface area contributed by atoms with E-state index in [4.69, 9.17) is 23.2 Å². The lowest BCUT2D eigenvalue weighted by Crippen LogP contribution is -2.23. The van der Waals surface area contributed by atoms with Crippen LogP contribution in [0.15, 0.2) is 66.0 Å². The van der Waals surface area contributed by atoms with E-state index >= 15 is 0 Å². The number of rotatable bonds is 6. The SMILES string of the molecule is CC(C)(c1ccc(Cl)c(Cl)c1)c1cnc(SCc2c(F)cc(F)cc2F)n1-c1ccc(F)cc1.